The maximum Gasteiger partial charge on any atom is 0.0594 e. The van der Waals surface area contributed by atoms with E-state index in [1.54, 1.807) is 0 Å². The number of aliphatic hydroxyl groups is 1. The molecular weight excluding hydrogens is 180 g/mol. The lowest BCUT2D eigenvalue weighted by molar-refractivity contribution is 0.0817. The van der Waals surface area contributed by atoms with Gasteiger partial charge in [-0.05, 0) is 31.8 Å². The van der Waals surface area contributed by atoms with E-state index in [-0.39, 0.29) is 0 Å². The highest BCUT2D eigenvalue weighted by atomic mass is 16.5. The van der Waals surface area contributed by atoms with Gasteiger partial charge in [-0.15, -0.1) is 0 Å². The van der Waals surface area contributed by atoms with Crippen LogP contribution in [0.1, 0.15) is 12.8 Å². The summed E-state index contributed by atoms with van der Waals surface area (Å²) in [5.41, 5.74) is 5.32. The molecule has 14 heavy (non-hydrogen) atoms. The third-order valence-corrected chi connectivity index (χ3v) is 2.78. The maximum absolute atomic E-state index is 8.97. The van der Waals surface area contributed by atoms with Crippen LogP contribution in [0.3, 0.4) is 0 Å². The molecular formula is C10H22N2O2. The van der Waals surface area contributed by atoms with Gasteiger partial charge < -0.3 is 20.5 Å². The third kappa shape index (κ3) is 4.37. The zero-order valence-electron chi connectivity index (χ0n) is 8.82. The van der Waals surface area contributed by atoms with Crippen LogP contribution in [-0.2, 0) is 4.74 Å². The second-order valence-corrected chi connectivity index (χ2v) is 3.87. The van der Waals surface area contributed by atoms with Crippen molar-refractivity contribution in [3.63, 3.8) is 0 Å². The number of aliphatic hydroxyl groups excluding tert-OH is 1. The summed E-state index contributed by atoms with van der Waals surface area (Å²) in [6.07, 6.45) is 2.24. The summed E-state index contributed by atoms with van der Waals surface area (Å²) >= 11 is 0. The molecule has 1 saturated heterocycles. The van der Waals surface area contributed by atoms with E-state index in [4.69, 9.17) is 15.6 Å². The van der Waals surface area contributed by atoms with Gasteiger partial charge in [-0.1, -0.05) is 0 Å². The van der Waals surface area contributed by atoms with Crippen molar-refractivity contribution < 1.29 is 9.84 Å². The molecule has 0 aromatic rings. The average molecular weight is 202 g/mol. The molecule has 1 heterocycles. The summed E-state index contributed by atoms with van der Waals surface area (Å²) in [6.45, 7) is 5.57. The number of likely N-dealkylation sites (tertiary alicyclic amines) is 1. The fraction of sp³-hybridized carbons (Fsp3) is 1.00. The zero-order valence-corrected chi connectivity index (χ0v) is 8.82. The Morgan fingerprint density at radius 1 is 1.29 bits per heavy atom. The predicted octanol–water partition coefficient (Wildman–Crippen LogP) is -0.334. The largest absolute Gasteiger partial charge is 0.396 e. The van der Waals surface area contributed by atoms with Gasteiger partial charge in [0.15, 0.2) is 0 Å². The van der Waals surface area contributed by atoms with E-state index in [1.807, 2.05) is 0 Å². The second kappa shape index (κ2) is 7.17. The molecule has 1 rings (SSSR count). The van der Waals surface area contributed by atoms with Crippen molar-refractivity contribution in [2.75, 3.05) is 46.0 Å². The average Bonchev–Trinajstić information content (AvgIpc) is 2.25. The van der Waals surface area contributed by atoms with Crippen molar-refractivity contribution in [3.05, 3.63) is 0 Å². The van der Waals surface area contributed by atoms with Gasteiger partial charge in [-0.2, -0.15) is 0 Å². The minimum Gasteiger partial charge on any atom is -0.396 e. The van der Waals surface area contributed by atoms with Crippen LogP contribution >= 0.6 is 0 Å². The molecule has 0 unspecified atom stereocenters. The highest BCUT2D eigenvalue weighted by Gasteiger charge is 2.17. The predicted molar refractivity (Wildman–Crippen MR) is 56.1 cm³/mol. The first-order chi connectivity index (χ1) is 6.86. The SMILES string of the molecule is NCCOCCN1CCC(CO)CC1. The van der Waals surface area contributed by atoms with E-state index in [0.717, 1.165) is 39.1 Å². The molecule has 1 aliphatic rings. The van der Waals surface area contributed by atoms with Crippen LogP contribution in [0.15, 0.2) is 0 Å². The van der Waals surface area contributed by atoms with Crippen LogP contribution in [0.25, 0.3) is 0 Å². The molecule has 84 valence electrons. The van der Waals surface area contributed by atoms with Gasteiger partial charge in [0.2, 0.25) is 0 Å². The molecule has 4 heteroatoms. The van der Waals surface area contributed by atoms with E-state index in [0.29, 0.717) is 25.7 Å². The van der Waals surface area contributed by atoms with Crippen LogP contribution < -0.4 is 5.73 Å². The number of hydrogen-bond donors (Lipinski definition) is 2. The minimum absolute atomic E-state index is 0.345. The summed E-state index contributed by atoms with van der Waals surface area (Å²) in [5.74, 6) is 0.524. The molecule has 0 aromatic carbocycles. The lowest BCUT2D eigenvalue weighted by atomic mass is 9.98. The van der Waals surface area contributed by atoms with Gasteiger partial charge >= 0.3 is 0 Å². The molecule has 0 saturated carbocycles. The van der Waals surface area contributed by atoms with Crippen LogP contribution in [0.5, 0.6) is 0 Å². The van der Waals surface area contributed by atoms with E-state index < -0.39 is 0 Å². The highest BCUT2D eigenvalue weighted by molar-refractivity contribution is 4.71. The Hall–Kier alpha value is -0.160. The van der Waals surface area contributed by atoms with Crippen LogP contribution in [-0.4, -0.2) is 56.0 Å². The topological polar surface area (TPSA) is 58.7 Å². The molecule has 0 aliphatic carbocycles. The van der Waals surface area contributed by atoms with Gasteiger partial charge in [0.1, 0.15) is 0 Å². The molecule has 0 atom stereocenters. The molecule has 0 aromatic heterocycles. The molecule has 0 radical (unpaired) electrons. The summed E-state index contributed by atoms with van der Waals surface area (Å²) in [5, 5.41) is 8.97. The number of hydrogen-bond acceptors (Lipinski definition) is 4. The normalized spacial score (nSPS) is 20.1. The molecule has 0 amide bonds. The molecule has 1 fully saturated rings. The Bertz CT molecular complexity index is 136. The van der Waals surface area contributed by atoms with Crippen molar-refractivity contribution in [2.45, 2.75) is 12.8 Å². The van der Waals surface area contributed by atoms with Gasteiger partial charge in [-0.25, -0.2) is 0 Å². The summed E-state index contributed by atoms with van der Waals surface area (Å²) in [4.78, 5) is 2.39. The Labute approximate surface area is 86.0 Å². The van der Waals surface area contributed by atoms with E-state index in [2.05, 4.69) is 4.90 Å². The smallest absolute Gasteiger partial charge is 0.0594 e. The molecule has 1 aliphatic heterocycles. The van der Waals surface area contributed by atoms with Crippen molar-refractivity contribution >= 4 is 0 Å². The quantitative estimate of drug-likeness (QED) is 0.579. The lowest BCUT2D eigenvalue weighted by Gasteiger charge is -2.30. The maximum atomic E-state index is 8.97. The number of rotatable bonds is 6. The summed E-state index contributed by atoms with van der Waals surface area (Å²) in [7, 11) is 0. The number of nitrogens with two attached hydrogens (primary N) is 1. The van der Waals surface area contributed by atoms with E-state index in [1.165, 1.54) is 0 Å². The van der Waals surface area contributed by atoms with Crippen LogP contribution in [0.2, 0.25) is 0 Å². The third-order valence-electron chi connectivity index (χ3n) is 2.78. The summed E-state index contributed by atoms with van der Waals surface area (Å²) < 4.78 is 5.32. The number of piperidine rings is 1. The first-order valence-corrected chi connectivity index (χ1v) is 5.48. The monoisotopic (exact) mass is 202 g/mol. The Morgan fingerprint density at radius 3 is 2.57 bits per heavy atom. The minimum atomic E-state index is 0.345. The first kappa shape index (κ1) is 11.9. The highest BCUT2D eigenvalue weighted by Crippen LogP contribution is 2.15. The van der Waals surface area contributed by atoms with Crippen LogP contribution in [0, 0.1) is 5.92 Å². The van der Waals surface area contributed by atoms with Crippen molar-refractivity contribution in [2.24, 2.45) is 11.7 Å². The van der Waals surface area contributed by atoms with Gasteiger partial charge in [0, 0.05) is 19.7 Å². The molecule has 0 bridgehead atoms. The first-order valence-electron chi connectivity index (χ1n) is 5.48. The lowest BCUT2D eigenvalue weighted by Crippen LogP contribution is -2.37. The second-order valence-electron chi connectivity index (χ2n) is 3.87. The summed E-state index contributed by atoms with van der Waals surface area (Å²) in [6, 6.07) is 0. The zero-order chi connectivity index (χ0) is 10.2. The fourth-order valence-corrected chi connectivity index (χ4v) is 1.77. The van der Waals surface area contributed by atoms with Crippen molar-refractivity contribution in [1.29, 1.82) is 0 Å². The van der Waals surface area contributed by atoms with Gasteiger partial charge in [0.05, 0.1) is 13.2 Å². The van der Waals surface area contributed by atoms with Crippen molar-refractivity contribution in [1.82, 2.24) is 4.90 Å². The van der Waals surface area contributed by atoms with E-state index in [9.17, 15) is 0 Å². The van der Waals surface area contributed by atoms with Gasteiger partial charge in [0.25, 0.3) is 0 Å². The van der Waals surface area contributed by atoms with E-state index >= 15 is 0 Å². The van der Waals surface area contributed by atoms with Gasteiger partial charge in [-0.3, -0.25) is 0 Å². The molecule has 0 spiro atoms. The molecule has 4 nitrogen and oxygen atoms in total. The Balaban J connectivity index is 1.98. The number of ether oxygens (including phenoxy) is 1. The standard InChI is InChI=1S/C10H22N2O2/c11-3-7-14-8-6-12-4-1-10(9-13)2-5-12/h10,13H,1-9,11H2. The Morgan fingerprint density at radius 2 is 2.00 bits per heavy atom. The van der Waals surface area contributed by atoms with Crippen LogP contribution in [0.4, 0.5) is 0 Å². The molecule has 3 N–H and O–H groups in total. The Kier molecular flexibility index (Phi) is 6.10. The fourth-order valence-electron chi connectivity index (χ4n) is 1.77. The number of nitrogens with zero attached hydrogens (tertiary/aromatic N) is 1. The van der Waals surface area contributed by atoms with Crippen molar-refractivity contribution in [3.8, 4) is 0 Å².